The van der Waals surface area contributed by atoms with Gasteiger partial charge >= 0.3 is 0 Å². The fourth-order valence-corrected chi connectivity index (χ4v) is 2.54. The molecule has 0 aromatic carbocycles. The van der Waals surface area contributed by atoms with Crippen molar-refractivity contribution in [3.63, 3.8) is 0 Å². The molecule has 0 radical (unpaired) electrons. The average molecular weight is 251 g/mol. The van der Waals surface area contributed by atoms with Crippen LogP contribution in [0, 0.1) is 5.92 Å². The van der Waals surface area contributed by atoms with E-state index in [1.165, 1.54) is 38.5 Å². The van der Waals surface area contributed by atoms with Crippen LogP contribution in [0.2, 0.25) is 0 Å². The van der Waals surface area contributed by atoms with Gasteiger partial charge in [0, 0.05) is 6.42 Å². The van der Waals surface area contributed by atoms with Crippen molar-refractivity contribution in [3.05, 3.63) is 11.7 Å². The van der Waals surface area contributed by atoms with Crippen molar-refractivity contribution in [2.24, 2.45) is 11.7 Å². The van der Waals surface area contributed by atoms with E-state index in [1.54, 1.807) is 0 Å². The molecule has 0 amide bonds. The molecule has 1 heterocycles. The number of hydrogen-bond acceptors (Lipinski definition) is 4. The largest absolute Gasteiger partial charge is 0.339 e. The van der Waals surface area contributed by atoms with Crippen LogP contribution in [-0.2, 0) is 12.0 Å². The molecule has 4 heteroatoms. The Kier molecular flexibility index (Phi) is 4.38. The number of hydrogen-bond donors (Lipinski definition) is 1. The van der Waals surface area contributed by atoms with Crippen molar-refractivity contribution in [2.45, 2.75) is 70.8 Å². The van der Waals surface area contributed by atoms with Gasteiger partial charge in [-0.2, -0.15) is 4.98 Å². The lowest BCUT2D eigenvalue weighted by molar-refractivity contribution is 0.327. The summed E-state index contributed by atoms with van der Waals surface area (Å²) < 4.78 is 5.36. The quantitative estimate of drug-likeness (QED) is 0.835. The van der Waals surface area contributed by atoms with Crippen molar-refractivity contribution in [2.75, 3.05) is 0 Å². The Hall–Kier alpha value is -0.900. The van der Waals surface area contributed by atoms with Gasteiger partial charge in [0.1, 0.15) is 0 Å². The van der Waals surface area contributed by atoms with Gasteiger partial charge < -0.3 is 10.3 Å². The minimum atomic E-state index is -0.467. The van der Waals surface area contributed by atoms with E-state index in [9.17, 15) is 0 Å². The van der Waals surface area contributed by atoms with Crippen LogP contribution in [0.3, 0.4) is 0 Å². The van der Waals surface area contributed by atoms with Crippen LogP contribution in [0.25, 0.3) is 0 Å². The van der Waals surface area contributed by atoms with E-state index in [4.69, 9.17) is 10.3 Å². The summed E-state index contributed by atoms with van der Waals surface area (Å²) in [7, 11) is 0. The normalized spacial score (nSPS) is 21.5. The molecule has 1 aromatic rings. The van der Waals surface area contributed by atoms with E-state index >= 15 is 0 Å². The first-order valence-electron chi connectivity index (χ1n) is 7.24. The molecule has 102 valence electrons. The van der Waals surface area contributed by atoms with E-state index < -0.39 is 5.54 Å². The molecule has 0 spiro atoms. The molecule has 18 heavy (non-hydrogen) atoms. The zero-order valence-electron chi connectivity index (χ0n) is 11.6. The Morgan fingerprint density at radius 2 is 1.94 bits per heavy atom. The first-order chi connectivity index (χ1) is 8.62. The Bertz CT molecular complexity index is 365. The molecule has 1 unspecified atom stereocenters. The van der Waals surface area contributed by atoms with E-state index in [0.717, 1.165) is 18.7 Å². The molecule has 0 saturated heterocycles. The number of nitrogens with two attached hydrogens (primary N) is 1. The maximum atomic E-state index is 6.12. The third-order valence-electron chi connectivity index (χ3n) is 4.15. The smallest absolute Gasteiger partial charge is 0.226 e. The van der Waals surface area contributed by atoms with Gasteiger partial charge in [-0.05, 0) is 32.1 Å². The summed E-state index contributed by atoms with van der Waals surface area (Å²) in [6, 6.07) is 0. The maximum Gasteiger partial charge on any atom is 0.226 e. The topological polar surface area (TPSA) is 64.9 Å². The molecule has 4 nitrogen and oxygen atoms in total. The van der Waals surface area contributed by atoms with Crippen LogP contribution < -0.4 is 5.73 Å². The van der Waals surface area contributed by atoms with Crippen LogP contribution in [0.5, 0.6) is 0 Å². The molecule has 1 atom stereocenters. The highest BCUT2D eigenvalue weighted by atomic mass is 16.5. The lowest BCUT2D eigenvalue weighted by Gasteiger charge is -2.16. The summed E-state index contributed by atoms with van der Waals surface area (Å²) in [6.07, 6.45) is 9.77. The zero-order chi connectivity index (χ0) is 13.0. The van der Waals surface area contributed by atoms with E-state index in [2.05, 4.69) is 10.1 Å². The highest BCUT2D eigenvalue weighted by molar-refractivity contribution is 5.01. The summed E-state index contributed by atoms with van der Waals surface area (Å²) >= 11 is 0. The third kappa shape index (κ3) is 3.31. The summed E-state index contributed by atoms with van der Waals surface area (Å²) in [4.78, 5) is 4.47. The Morgan fingerprint density at radius 3 is 2.56 bits per heavy atom. The second-order valence-electron chi connectivity index (χ2n) is 5.84. The molecule has 1 aliphatic carbocycles. The highest BCUT2D eigenvalue weighted by Gasteiger charge is 2.26. The van der Waals surface area contributed by atoms with Crippen LogP contribution in [-0.4, -0.2) is 10.1 Å². The molecule has 2 N–H and O–H groups in total. The number of aromatic nitrogens is 2. The Balaban J connectivity index is 1.97. The standard InChI is InChI=1S/C14H25N3O/c1-3-14(2,15)13-16-12(18-17-13)10-11-8-6-4-5-7-9-11/h11H,3-10,15H2,1-2H3. The van der Waals surface area contributed by atoms with Crippen LogP contribution >= 0.6 is 0 Å². The SMILES string of the molecule is CCC(C)(N)c1noc(CC2CCCCCC2)n1. The van der Waals surface area contributed by atoms with Crippen molar-refractivity contribution >= 4 is 0 Å². The minimum Gasteiger partial charge on any atom is -0.339 e. The molecule has 1 aromatic heterocycles. The van der Waals surface area contributed by atoms with E-state index in [-0.39, 0.29) is 0 Å². The van der Waals surface area contributed by atoms with Gasteiger partial charge in [0.15, 0.2) is 5.82 Å². The first-order valence-corrected chi connectivity index (χ1v) is 7.24. The number of rotatable bonds is 4. The Morgan fingerprint density at radius 1 is 1.28 bits per heavy atom. The predicted octanol–water partition coefficient (Wildman–Crippen LogP) is 3.17. The van der Waals surface area contributed by atoms with Gasteiger partial charge in [0.2, 0.25) is 5.89 Å². The maximum absolute atomic E-state index is 6.12. The lowest BCUT2D eigenvalue weighted by Crippen LogP contribution is -2.33. The average Bonchev–Trinajstić information content (AvgIpc) is 2.67. The van der Waals surface area contributed by atoms with Crippen molar-refractivity contribution in [1.82, 2.24) is 10.1 Å². The monoisotopic (exact) mass is 251 g/mol. The highest BCUT2D eigenvalue weighted by Crippen LogP contribution is 2.26. The molecular formula is C14H25N3O. The molecule has 0 aliphatic heterocycles. The molecule has 2 rings (SSSR count). The van der Waals surface area contributed by atoms with Gasteiger partial charge in [-0.1, -0.05) is 37.8 Å². The minimum absolute atomic E-state index is 0.467. The van der Waals surface area contributed by atoms with Gasteiger partial charge in [-0.25, -0.2) is 0 Å². The Labute approximate surface area is 109 Å². The van der Waals surface area contributed by atoms with Crippen LogP contribution in [0.4, 0.5) is 0 Å². The molecule has 0 bridgehead atoms. The van der Waals surface area contributed by atoms with Crippen LogP contribution in [0.1, 0.15) is 70.5 Å². The van der Waals surface area contributed by atoms with Crippen molar-refractivity contribution in [1.29, 1.82) is 0 Å². The fourth-order valence-electron chi connectivity index (χ4n) is 2.54. The van der Waals surface area contributed by atoms with Crippen molar-refractivity contribution in [3.8, 4) is 0 Å². The second kappa shape index (κ2) is 5.83. The summed E-state index contributed by atoms with van der Waals surface area (Å²) in [6.45, 7) is 3.99. The van der Waals surface area contributed by atoms with E-state index in [0.29, 0.717) is 11.7 Å². The van der Waals surface area contributed by atoms with Crippen LogP contribution in [0.15, 0.2) is 4.52 Å². The molecule has 1 fully saturated rings. The van der Waals surface area contributed by atoms with E-state index in [1.807, 2.05) is 13.8 Å². The van der Waals surface area contributed by atoms with Crippen molar-refractivity contribution < 1.29 is 4.52 Å². The first kappa shape index (κ1) is 13.5. The summed E-state index contributed by atoms with van der Waals surface area (Å²) in [5.41, 5.74) is 5.66. The summed E-state index contributed by atoms with van der Waals surface area (Å²) in [5.74, 6) is 2.13. The molecular weight excluding hydrogens is 226 g/mol. The van der Waals surface area contributed by atoms with Gasteiger partial charge in [-0.15, -0.1) is 0 Å². The fraction of sp³-hybridized carbons (Fsp3) is 0.857. The third-order valence-corrected chi connectivity index (χ3v) is 4.15. The summed E-state index contributed by atoms with van der Waals surface area (Å²) in [5, 5.41) is 4.04. The molecule has 1 saturated carbocycles. The molecule has 1 aliphatic rings. The zero-order valence-corrected chi connectivity index (χ0v) is 11.6. The number of nitrogens with zero attached hydrogens (tertiary/aromatic N) is 2. The van der Waals surface area contributed by atoms with Gasteiger partial charge in [-0.3, -0.25) is 0 Å². The van der Waals surface area contributed by atoms with Gasteiger partial charge in [0.25, 0.3) is 0 Å². The van der Waals surface area contributed by atoms with Gasteiger partial charge in [0.05, 0.1) is 5.54 Å². The lowest BCUT2D eigenvalue weighted by atomic mass is 9.96. The second-order valence-corrected chi connectivity index (χ2v) is 5.84. The predicted molar refractivity (Wildman–Crippen MR) is 71.0 cm³/mol.